The fourth-order valence-electron chi connectivity index (χ4n) is 1.36. The number of carbonyl (C=O) groups is 1. The van der Waals surface area contributed by atoms with Crippen molar-refractivity contribution >= 4 is 5.78 Å². The molecule has 1 heterocycles. The van der Waals surface area contributed by atoms with E-state index >= 15 is 0 Å². The average molecular weight is 252 g/mol. The number of benzene rings is 1. The van der Waals surface area contributed by atoms with Gasteiger partial charge in [0.25, 0.3) is 0 Å². The van der Waals surface area contributed by atoms with Gasteiger partial charge in [0.1, 0.15) is 0 Å². The van der Waals surface area contributed by atoms with Gasteiger partial charge in [0.2, 0.25) is 11.6 Å². The largest absolute Gasteiger partial charge is 0.416 e. The zero-order valence-corrected chi connectivity index (χ0v) is 8.98. The van der Waals surface area contributed by atoms with Gasteiger partial charge >= 0.3 is 6.18 Å². The van der Waals surface area contributed by atoms with Crippen LogP contribution < -0.4 is 0 Å². The Hall–Kier alpha value is -2.24. The van der Waals surface area contributed by atoms with Crippen molar-refractivity contribution in [2.75, 3.05) is 0 Å². The van der Waals surface area contributed by atoms with Gasteiger partial charge in [-0.05, 0) is 18.2 Å². The van der Waals surface area contributed by atoms with Crippen molar-refractivity contribution in [2.45, 2.75) is 6.18 Å². The highest BCUT2D eigenvalue weighted by Crippen LogP contribution is 2.29. The van der Waals surface area contributed by atoms with Crippen molar-refractivity contribution in [2.24, 2.45) is 0 Å². The minimum absolute atomic E-state index is 0.0442. The van der Waals surface area contributed by atoms with Crippen molar-refractivity contribution in [1.29, 1.82) is 0 Å². The van der Waals surface area contributed by atoms with Crippen LogP contribution in [0, 0.1) is 0 Å². The lowest BCUT2D eigenvalue weighted by molar-refractivity contribution is -0.137. The SMILES string of the molecule is O=C(c1ccc(C(F)(F)F)cc1)c1ncccn1. The van der Waals surface area contributed by atoms with Gasteiger partial charge < -0.3 is 0 Å². The van der Waals surface area contributed by atoms with Gasteiger partial charge in [-0.25, -0.2) is 9.97 Å². The minimum atomic E-state index is -4.41. The summed E-state index contributed by atoms with van der Waals surface area (Å²) < 4.78 is 37.0. The van der Waals surface area contributed by atoms with Crippen LogP contribution in [-0.2, 0) is 6.18 Å². The van der Waals surface area contributed by atoms with Crippen LogP contribution in [-0.4, -0.2) is 15.8 Å². The Labute approximate surface area is 100 Å². The maximum absolute atomic E-state index is 12.3. The van der Waals surface area contributed by atoms with Gasteiger partial charge in [-0.2, -0.15) is 13.2 Å². The van der Waals surface area contributed by atoms with E-state index in [0.717, 1.165) is 24.3 Å². The van der Waals surface area contributed by atoms with Gasteiger partial charge in [0.15, 0.2) is 0 Å². The van der Waals surface area contributed by atoms with Crippen molar-refractivity contribution in [3.05, 3.63) is 59.7 Å². The van der Waals surface area contributed by atoms with Crippen LogP contribution in [0.1, 0.15) is 21.7 Å². The quantitative estimate of drug-likeness (QED) is 0.772. The summed E-state index contributed by atoms with van der Waals surface area (Å²) in [6, 6.07) is 5.49. The maximum atomic E-state index is 12.3. The summed E-state index contributed by atoms with van der Waals surface area (Å²) >= 11 is 0. The molecule has 0 radical (unpaired) electrons. The number of alkyl halides is 3. The third-order valence-corrected chi connectivity index (χ3v) is 2.24. The van der Waals surface area contributed by atoms with E-state index in [2.05, 4.69) is 9.97 Å². The van der Waals surface area contributed by atoms with E-state index in [4.69, 9.17) is 0 Å². The Balaban J connectivity index is 2.28. The molecule has 0 saturated heterocycles. The molecule has 0 aliphatic carbocycles. The average Bonchev–Trinajstić information content (AvgIpc) is 2.38. The summed E-state index contributed by atoms with van der Waals surface area (Å²) in [5, 5.41) is 0. The molecule has 0 fully saturated rings. The first-order valence-corrected chi connectivity index (χ1v) is 4.97. The second-order valence-corrected chi connectivity index (χ2v) is 3.48. The molecule has 0 N–H and O–H groups in total. The highest BCUT2D eigenvalue weighted by atomic mass is 19.4. The van der Waals surface area contributed by atoms with E-state index in [9.17, 15) is 18.0 Å². The highest BCUT2D eigenvalue weighted by molar-refractivity contribution is 6.06. The van der Waals surface area contributed by atoms with Gasteiger partial charge in [0, 0.05) is 18.0 Å². The minimum Gasteiger partial charge on any atom is -0.285 e. The smallest absolute Gasteiger partial charge is 0.285 e. The van der Waals surface area contributed by atoms with Gasteiger partial charge in [-0.1, -0.05) is 12.1 Å². The van der Waals surface area contributed by atoms with Crippen LogP contribution >= 0.6 is 0 Å². The van der Waals surface area contributed by atoms with E-state index in [1.165, 1.54) is 12.4 Å². The summed E-state index contributed by atoms with van der Waals surface area (Å²) in [6.07, 6.45) is -1.63. The fraction of sp³-hybridized carbons (Fsp3) is 0.0833. The lowest BCUT2D eigenvalue weighted by Gasteiger charge is -2.06. The molecule has 1 aromatic heterocycles. The molecule has 0 aliphatic heterocycles. The molecule has 1 aromatic carbocycles. The first-order valence-electron chi connectivity index (χ1n) is 4.97. The van der Waals surface area contributed by atoms with E-state index in [1.807, 2.05) is 0 Å². The predicted molar refractivity (Wildman–Crippen MR) is 56.9 cm³/mol. The monoisotopic (exact) mass is 252 g/mol. The Morgan fingerprint density at radius 2 is 1.56 bits per heavy atom. The molecule has 0 bridgehead atoms. The molecule has 0 amide bonds. The van der Waals surface area contributed by atoms with Crippen molar-refractivity contribution in [1.82, 2.24) is 9.97 Å². The van der Waals surface area contributed by atoms with Gasteiger partial charge in [-0.3, -0.25) is 4.79 Å². The van der Waals surface area contributed by atoms with Gasteiger partial charge in [-0.15, -0.1) is 0 Å². The molecule has 0 atom stereocenters. The topological polar surface area (TPSA) is 42.9 Å². The van der Waals surface area contributed by atoms with E-state index < -0.39 is 17.5 Å². The van der Waals surface area contributed by atoms with E-state index in [0.29, 0.717) is 0 Å². The fourth-order valence-corrected chi connectivity index (χ4v) is 1.36. The molecule has 3 nitrogen and oxygen atoms in total. The molecule has 0 spiro atoms. The third kappa shape index (κ3) is 2.53. The molecule has 2 aromatic rings. The van der Waals surface area contributed by atoms with Gasteiger partial charge in [0.05, 0.1) is 5.56 Å². The summed E-state index contributed by atoms with van der Waals surface area (Å²) in [7, 11) is 0. The first kappa shape index (κ1) is 12.2. The Kier molecular flexibility index (Phi) is 3.10. The second kappa shape index (κ2) is 4.56. The molecule has 6 heteroatoms. The normalized spacial score (nSPS) is 11.3. The lowest BCUT2D eigenvalue weighted by Crippen LogP contribution is -2.08. The molecular weight excluding hydrogens is 245 g/mol. The second-order valence-electron chi connectivity index (χ2n) is 3.48. The standard InChI is InChI=1S/C12H7F3N2O/c13-12(14,15)9-4-2-8(3-5-9)10(18)11-16-6-1-7-17-11/h1-7H. The molecule has 18 heavy (non-hydrogen) atoms. The van der Waals surface area contributed by atoms with Crippen LogP contribution in [0.2, 0.25) is 0 Å². The number of hydrogen-bond acceptors (Lipinski definition) is 3. The van der Waals surface area contributed by atoms with Crippen LogP contribution in [0.5, 0.6) is 0 Å². The maximum Gasteiger partial charge on any atom is 0.416 e. The molecule has 0 aliphatic rings. The Morgan fingerprint density at radius 3 is 2.06 bits per heavy atom. The number of halogens is 3. The number of carbonyl (C=O) groups excluding carboxylic acids is 1. The zero-order chi connectivity index (χ0) is 13.2. The summed E-state index contributed by atoms with van der Waals surface area (Å²) in [4.78, 5) is 19.3. The number of hydrogen-bond donors (Lipinski definition) is 0. The molecule has 2 rings (SSSR count). The number of ketones is 1. The Bertz CT molecular complexity index is 550. The van der Waals surface area contributed by atoms with Crippen LogP contribution in [0.15, 0.2) is 42.7 Å². The summed E-state index contributed by atoms with van der Waals surface area (Å²) in [5.41, 5.74) is -0.678. The lowest BCUT2D eigenvalue weighted by atomic mass is 10.1. The van der Waals surface area contributed by atoms with Crippen LogP contribution in [0.3, 0.4) is 0 Å². The Morgan fingerprint density at radius 1 is 1.00 bits per heavy atom. The number of aromatic nitrogens is 2. The number of nitrogens with zero attached hydrogens (tertiary/aromatic N) is 2. The van der Waals surface area contributed by atoms with Crippen molar-refractivity contribution in [3.63, 3.8) is 0 Å². The predicted octanol–water partition coefficient (Wildman–Crippen LogP) is 2.73. The van der Waals surface area contributed by atoms with Crippen molar-refractivity contribution in [3.8, 4) is 0 Å². The summed E-state index contributed by atoms with van der Waals surface area (Å²) in [6.45, 7) is 0. The third-order valence-electron chi connectivity index (χ3n) is 2.24. The number of rotatable bonds is 2. The first-order chi connectivity index (χ1) is 8.48. The van der Waals surface area contributed by atoms with Crippen molar-refractivity contribution < 1.29 is 18.0 Å². The molecule has 92 valence electrons. The summed E-state index contributed by atoms with van der Waals surface area (Å²) in [5.74, 6) is -0.554. The zero-order valence-electron chi connectivity index (χ0n) is 8.98. The van der Waals surface area contributed by atoms with E-state index in [-0.39, 0.29) is 11.4 Å². The van der Waals surface area contributed by atoms with Crippen LogP contribution in [0.4, 0.5) is 13.2 Å². The van der Waals surface area contributed by atoms with Crippen LogP contribution in [0.25, 0.3) is 0 Å². The molecular formula is C12H7F3N2O. The van der Waals surface area contributed by atoms with E-state index in [1.54, 1.807) is 6.07 Å². The molecule has 0 unspecified atom stereocenters. The molecule has 0 saturated carbocycles. The highest BCUT2D eigenvalue weighted by Gasteiger charge is 2.30.